The molecule has 23 heavy (non-hydrogen) atoms. The molecular formula is C18H22FNO2S. The largest absolute Gasteiger partial charge is 0.241 e. The first kappa shape index (κ1) is 17.6. The van der Waals surface area contributed by atoms with Crippen LogP contribution in [0.1, 0.15) is 50.3 Å². The van der Waals surface area contributed by atoms with E-state index in [0.29, 0.717) is 12.3 Å². The van der Waals surface area contributed by atoms with Gasteiger partial charge in [-0.3, -0.25) is 0 Å². The van der Waals surface area contributed by atoms with E-state index >= 15 is 0 Å². The number of benzene rings is 2. The van der Waals surface area contributed by atoms with Gasteiger partial charge in [-0.05, 0) is 47.7 Å². The first-order valence-electron chi connectivity index (χ1n) is 7.71. The Hall–Kier alpha value is -1.72. The maximum atomic E-state index is 13.0. The number of hydrogen-bond acceptors (Lipinski definition) is 2. The lowest BCUT2D eigenvalue weighted by Gasteiger charge is -2.18. The van der Waals surface area contributed by atoms with E-state index in [1.807, 2.05) is 31.2 Å². The highest BCUT2D eigenvalue weighted by molar-refractivity contribution is 7.89. The topological polar surface area (TPSA) is 46.2 Å². The summed E-state index contributed by atoms with van der Waals surface area (Å²) in [6.45, 7) is 6.15. The van der Waals surface area contributed by atoms with Crippen LogP contribution in [0, 0.1) is 5.82 Å². The van der Waals surface area contributed by atoms with Gasteiger partial charge in [-0.2, -0.15) is 0 Å². The van der Waals surface area contributed by atoms with Crippen molar-refractivity contribution in [3.05, 3.63) is 65.5 Å². The molecule has 0 aliphatic rings. The lowest BCUT2D eigenvalue weighted by Crippen LogP contribution is -2.28. The maximum absolute atomic E-state index is 13.0. The van der Waals surface area contributed by atoms with Gasteiger partial charge in [0.2, 0.25) is 10.0 Å². The van der Waals surface area contributed by atoms with Gasteiger partial charge < -0.3 is 0 Å². The molecule has 0 amide bonds. The van der Waals surface area contributed by atoms with Crippen LogP contribution in [-0.2, 0) is 10.0 Å². The molecule has 0 spiro atoms. The maximum Gasteiger partial charge on any atom is 0.241 e. The monoisotopic (exact) mass is 335 g/mol. The molecular weight excluding hydrogens is 313 g/mol. The molecule has 0 bridgehead atoms. The fourth-order valence-electron chi connectivity index (χ4n) is 2.37. The summed E-state index contributed by atoms with van der Waals surface area (Å²) < 4.78 is 40.5. The van der Waals surface area contributed by atoms with E-state index < -0.39 is 15.8 Å². The van der Waals surface area contributed by atoms with Crippen molar-refractivity contribution in [1.29, 1.82) is 0 Å². The lowest BCUT2D eigenvalue weighted by molar-refractivity contribution is 0.549. The van der Waals surface area contributed by atoms with E-state index in [-0.39, 0.29) is 10.9 Å². The first-order valence-corrected chi connectivity index (χ1v) is 9.19. The minimum Gasteiger partial charge on any atom is -0.207 e. The molecule has 0 radical (unpaired) electrons. The minimum atomic E-state index is -3.68. The van der Waals surface area contributed by atoms with Crippen LogP contribution in [-0.4, -0.2) is 8.42 Å². The van der Waals surface area contributed by atoms with Crippen molar-refractivity contribution in [2.75, 3.05) is 0 Å². The summed E-state index contributed by atoms with van der Waals surface area (Å²) in [5, 5.41) is 0. The van der Waals surface area contributed by atoms with Crippen LogP contribution in [0.5, 0.6) is 0 Å². The Morgan fingerprint density at radius 3 is 1.96 bits per heavy atom. The SMILES string of the molecule is CCC(NS(=O)(=O)c1ccc(F)cc1)c1ccc(C(C)C)cc1. The first-order chi connectivity index (χ1) is 10.8. The summed E-state index contributed by atoms with van der Waals surface area (Å²) in [7, 11) is -3.68. The fourth-order valence-corrected chi connectivity index (χ4v) is 3.68. The third kappa shape index (κ3) is 4.39. The van der Waals surface area contributed by atoms with Gasteiger partial charge in [-0.1, -0.05) is 45.0 Å². The number of nitrogens with one attached hydrogen (secondary N) is 1. The molecule has 0 fully saturated rings. The van der Waals surface area contributed by atoms with E-state index in [1.54, 1.807) is 0 Å². The minimum absolute atomic E-state index is 0.0659. The smallest absolute Gasteiger partial charge is 0.207 e. The summed E-state index contributed by atoms with van der Waals surface area (Å²) in [6, 6.07) is 12.5. The van der Waals surface area contributed by atoms with Crippen LogP contribution < -0.4 is 4.72 Å². The second kappa shape index (κ2) is 7.23. The lowest BCUT2D eigenvalue weighted by atomic mass is 9.98. The Balaban J connectivity index is 2.22. The number of halogens is 1. The van der Waals surface area contributed by atoms with Crippen molar-refractivity contribution in [2.45, 2.75) is 44.0 Å². The molecule has 0 heterocycles. The highest BCUT2D eigenvalue weighted by atomic mass is 32.2. The molecule has 0 aliphatic carbocycles. The molecule has 2 aromatic rings. The van der Waals surface area contributed by atoms with Crippen molar-refractivity contribution in [3.63, 3.8) is 0 Å². The van der Waals surface area contributed by atoms with Crippen molar-refractivity contribution in [2.24, 2.45) is 0 Å². The van der Waals surface area contributed by atoms with Crippen LogP contribution in [0.15, 0.2) is 53.4 Å². The number of hydrogen-bond donors (Lipinski definition) is 1. The summed E-state index contributed by atoms with van der Waals surface area (Å²) in [6.07, 6.45) is 0.626. The normalized spacial score (nSPS) is 13.3. The third-order valence-corrected chi connectivity index (χ3v) is 5.32. The van der Waals surface area contributed by atoms with E-state index in [4.69, 9.17) is 0 Å². The van der Waals surface area contributed by atoms with Gasteiger partial charge in [0.1, 0.15) is 5.82 Å². The molecule has 124 valence electrons. The average Bonchev–Trinajstić information content (AvgIpc) is 2.53. The van der Waals surface area contributed by atoms with Crippen molar-refractivity contribution in [3.8, 4) is 0 Å². The molecule has 2 aromatic carbocycles. The zero-order chi connectivity index (χ0) is 17.0. The summed E-state index contributed by atoms with van der Waals surface area (Å²) in [5.41, 5.74) is 2.13. The molecule has 3 nitrogen and oxygen atoms in total. The van der Waals surface area contributed by atoms with Gasteiger partial charge in [-0.15, -0.1) is 0 Å². The molecule has 0 aliphatic heterocycles. The second-order valence-corrected chi connectivity index (χ2v) is 7.57. The Labute approximate surface area is 137 Å². The highest BCUT2D eigenvalue weighted by Crippen LogP contribution is 2.23. The third-order valence-electron chi connectivity index (χ3n) is 3.84. The van der Waals surface area contributed by atoms with Crippen molar-refractivity contribution in [1.82, 2.24) is 4.72 Å². The molecule has 0 saturated heterocycles. The quantitative estimate of drug-likeness (QED) is 0.851. The van der Waals surface area contributed by atoms with Gasteiger partial charge in [0.25, 0.3) is 0 Å². The fraction of sp³-hybridized carbons (Fsp3) is 0.333. The van der Waals surface area contributed by atoms with Crippen molar-refractivity contribution >= 4 is 10.0 Å². The molecule has 1 unspecified atom stereocenters. The number of sulfonamides is 1. The Morgan fingerprint density at radius 2 is 1.48 bits per heavy atom. The zero-order valence-corrected chi connectivity index (χ0v) is 14.4. The van der Waals surface area contributed by atoms with Crippen LogP contribution in [0.25, 0.3) is 0 Å². The zero-order valence-electron chi connectivity index (χ0n) is 13.6. The summed E-state index contributed by atoms with van der Waals surface area (Å²) in [5.74, 6) is -0.0275. The van der Waals surface area contributed by atoms with Crippen LogP contribution in [0.3, 0.4) is 0 Å². The average molecular weight is 335 g/mol. The Bertz CT molecular complexity index is 738. The predicted molar refractivity (Wildman–Crippen MR) is 90.3 cm³/mol. The molecule has 5 heteroatoms. The van der Waals surface area contributed by atoms with E-state index in [1.165, 1.54) is 17.7 Å². The van der Waals surface area contributed by atoms with Crippen LogP contribution in [0.2, 0.25) is 0 Å². The highest BCUT2D eigenvalue weighted by Gasteiger charge is 2.20. The van der Waals surface area contributed by atoms with Crippen LogP contribution >= 0.6 is 0 Å². The van der Waals surface area contributed by atoms with E-state index in [2.05, 4.69) is 18.6 Å². The van der Waals surface area contributed by atoms with Crippen molar-refractivity contribution < 1.29 is 12.8 Å². The van der Waals surface area contributed by atoms with Gasteiger partial charge in [0.05, 0.1) is 4.90 Å². The van der Waals surface area contributed by atoms with E-state index in [9.17, 15) is 12.8 Å². The molecule has 1 atom stereocenters. The van der Waals surface area contributed by atoms with Crippen LogP contribution in [0.4, 0.5) is 4.39 Å². The number of rotatable bonds is 6. The summed E-state index contributed by atoms with van der Waals surface area (Å²) >= 11 is 0. The Kier molecular flexibility index (Phi) is 5.55. The van der Waals surface area contributed by atoms with Gasteiger partial charge >= 0.3 is 0 Å². The van der Waals surface area contributed by atoms with Gasteiger partial charge in [0, 0.05) is 6.04 Å². The summed E-state index contributed by atoms with van der Waals surface area (Å²) in [4.78, 5) is 0.0659. The molecule has 0 aromatic heterocycles. The molecule has 2 rings (SSSR count). The molecule has 0 saturated carbocycles. The second-order valence-electron chi connectivity index (χ2n) is 5.86. The molecule has 1 N–H and O–H groups in total. The van der Waals surface area contributed by atoms with Gasteiger partial charge in [-0.25, -0.2) is 17.5 Å². The van der Waals surface area contributed by atoms with E-state index in [0.717, 1.165) is 17.7 Å². The van der Waals surface area contributed by atoms with Gasteiger partial charge in [0.15, 0.2) is 0 Å². The standard InChI is InChI=1S/C18H22FNO2S/c1-4-18(15-7-5-14(6-8-15)13(2)3)20-23(21,22)17-11-9-16(19)10-12-17/h5-13,18,20H,4H2,1-3H3. The Morgan fingerprint density at radius 1 is 0.957 bits per heavy atom. The predicted octanol–water partition coefficient (Wildman–Crippen LogP) is 4.38.